The number of allylic oxidation sites excluding steroid dienone is 5. The van der Waals surface area contributed by atoms with Crippen LogP contribution in [0.2, 0.25) is 0 Å². The monoisotopic (exact) mass is 1110 g/mol. The van der Waals surface area contributed by atoms with Crippen molar-refractivity contribution in [2.24, 2.45) is 0 Å². The standard InChI is InChI=1S/C73H139NO5/c1-3-5-7-9-11-13-15-17-18-35-38-42-45-49-53-57-61-65-71(76)70(69-75)74-72(77)66-62-58-54-50-46-43-39-36-33-31-29-27-25-23-21-19-20-22-24-26-28-30-32-34-37-40-44-48-52-56-60-64-68-79-73(78)67-63-59-55-51-47-41-16-14-12-10-8-6-4-2/h8,10,14,16,61,65,70-71,75-76H,3-7,9,11-13,15,17-60,62-64,66-69H2,1-2H3,(H,74,77)/b10-8-,16-14-,65-61+. The number of rotatable bonds is 67. The van der Waals surface area contributed by atoms with Crippen LogP contribution in [-0.4, -0.2) is 47.4 Å². The van der Waals surface area contributed by atoms with E-state index in [2.05, 4.69) is 43.5 Å². The maximum atomic E-state index is 12.5. The zero-order valence-electron chi connectivity index (χ0n) is 53.4. The summed E-state index contributed by atoms with van der Waals surface area (Å²) >= 11 is 0. The Labute approximate surface area is 494 Å². The van der Waals surface area contributed by atoms with Crippen molar-refractivity contribution in [1.29, 1.82) is 0 Å². The van der Waals surface area contributed by atoms with Crippen molar-refractivity contribution in [3.8, 4) is 0 Å². The molecule has 6 heteroatoms. The van der Waals surface area contributed by atoms with Crippen molar-refractivity contribution < 1.29 is 24.5 Å². The quantitative estimate of drug-likeness (QED) is 0.0320. The molecule has 0 aliphatic carbocycles. The van der Waals surface area contributed by atoms with E-state index in [0.29, 0.717) is 19.4 Å². The predicted octanol–water partition coefficient (Wildman–Crippen LogP) is 23.1. The summed E-state index contributed by atoms with van der Waals surface area (Å²) in [4.78, 5) is 24.5. The number of hydrogen-bond acceptors (Lipinski definition) is 5. The molecule has 2 unspecified atom stereocenters. The number of unbranched alkanes of at least 4 members (excludes halogenated alkanes) is 52. The molecule has 0 rings (SSSR count). The molecule has 466 valence electrons. The van der Waals surface area contributed by atoms with Gasteiger partial charge in [0.1, 0.15) is 0 Å². The molecule has 6 nitrogen and oxygen atoms in total. The fraction of sp³-hybridized carbons (Fsp3) is 0.890. The van der Waals surface area contributed by atoms with E-state index in [1.54, 1.807) is 6.08 Å². The molecule has 0 saturated heterocycles. The number of nitrogens with one attached hydrogen (secondary N) is 1. The Bertz CT molecular complexity index is 1280. The summed E-state index contributed by atoms with van der Waals surface area (Å²) < 4.78 is 5.48. The molecular weight excluding hydrogens is 971 g/mol. The van der Waals surface area contributed by atoms with E-state index >= 15 is 0 Å². The number of ether oxygens (including phenoxy) is 1. The van der Waals surface area contributed by atoms with E-state index in [1.807, 2.05) is 6.08 Å². The Balaban J connectivity index is 3.34. The van der Waals surface area contributed by atoms with Crippen LogP contribution in [0.25, 0.3) is 0 Å². The molecule has 0 heterocycles. The number of hydrogen-bond donors (Lipinski definition) is 3. The first-order valence-electron chi connectivity index (χ1n) is 35.8. The number of aliphatic hydroxyl groups excluding tert-OH is 2. The average Bonchev–Trinajstić information content (AvgIpc) is 3.45. The lowest BCUT2D eigenvalue weighted by Gasteiger charge is -2.20. The van der Waals surface area contributed by atoms with Gasteiger partial charge in [-0.25, -0.2) is 0 Å². The summed E-state index contributed by atoms with van der Waals surface area (Å²) in [5.74, 6) is -0.0548. The van der Waals surface area contributed by atoms with Crippen molar-refractivity contribution in [3.05, 3.63) is 36.5 Å². The molecule has 0 aromatic heterocycles. The first-order valence-corrected chi connectivity index (χ1v) is 35.8. The number of esters is 1. The van der Waals surface area contributed by atoms with Crippen LogP contribution in [-0.2, 0) is 14.3 Å². The number of carbonyl (C=O) groups excluding carboxylic acids is 2. The Kier molecular flexibility index (Phi) is 66.9. The Morgan fingerprint density at radius 1 is 0.354 bits per heavy atom. The maximum Gasteiger partial charge on any atom is 0.305 e. The fourth-order valence-corrected chi connectivity index (χ4v) is 11.2. The fourth-order valence-electron chi connectivity index (χ4n) is 11.2. The van der Waals surface area contributed by atoms with E-state index in [1.165, 1.54) is 315 Å². The molecule has 2 atom stereocenters. The van der Waals surface area contributed by atoms with Crippen molar-refractivity contribution in [2.75, 3.05) is 13.2 Å². The lowest BCUT2D eigenvalue weighted by atomic mass is 10.0. The van der Waals surface area contributed by atoms with Gasteiger partial charge in [0.15, 0.2) is 0 Å². The molecule has 0 aliphatic rings. The van der Waals surface area contributed by atoms with Gasteiger partial charge in [0, 0.05) is 12.8 Å². The molecule has 0 aliphatic heterocycles. The van der Waals surface area contributed by atoms with Crippen LogP contribution in [0.3, 0.4) is 0 Å². The smallest absolute Gasteiger partial charge is 0.305 e. The zero-order valence-corrected chi connectivity index (χ0v) is 53.4. The van der Waals surface area contributed by atoms with Crippen molar-refractivity contribution in [3.63, 3.8) is 0 Å². The third-order valence-electron chi connectivity index (χ3n) is 16.6. The van der Waals surface area contributed by atoms with Gasteiger partial charge in [-0.05, 0) is 57.8 Å². The van der Waals surface area contributed by atoms with Crippen LogP contribution < -0.4 is 5.32 Å². The van der Waals surface area contributed by atoms with Crippen LogP contribution >= 0.6 is 0 Å². The predicted molar refractivity (Wildman–Crippen MR) is 347 cm³/mol. The Morgan fingerprint density at radius 2 is 0.658 bits per heavy atom. The van der Waals surface area contributed by atoms with Gasteiger partial charge in [0.2, 0.25) is 5.91 Å². The van der Waals surface area contributed by atoms with Crippen molar-refractivity contribution in [1.82, 2.24) is 5.32 Å². The largest absolute Gasteiger partial charge is 0.466 e. The third kappa shape index (κ3) is 65.1. The summed E-state index contributed by atoms with van der Waals surface area (Å²) in [7, 11) is 0. The van der Waals surface area contributed by atoms with Gasteiger partial charge < -0.3 is 20.3 Å². The highest BCUT2D eigenvalue weighted by molar-refractivity contribution is 5.76. The minimum atomic E-state index is -0.841. The number of carbonyl (C=O) groups is 2. The highest BCUT2D eigenvalue weighted by Gasteiger charge is 2.18. The molecule has 0 bridgehead atoms. The third-order valence-corrected chi connectivity index (χ3v) is 16.6. The van der Waals surface area contributed by atoms with Crippen molar-refractivity contribution >= 4 is 11.9 Å². The van der Waals surface area contributed by atoms with Gasteiger partial charge in [-0.3, -0.25) is 9.59 Å². The molecule has 79 heavy (non-hydrogen) atoms. The van der Waals surface area contributed by atoms with Gasteiger partial charge in [-0.1, -0.05) is 359 Å². The Hall–Kier alpha value is -1.92. The van der Waals surface area contributed by atoms with Crippen LogP contribution in [0.5, 0.6) is 0 Å². The average molecular weight is 1110 g/mol. The normalized spacial score (nSPS) is 12.7. The van der Waals surface area contributed by atoms with Gasteiger partial charge in [-0.15, -0.1) is 0 Å². The second-order valence-electron chi connectivity index (χ2n) is 24.6. The van der Waals surface area contributed by atoms with Crippen LogP contribution in [0.1, 0.15) is 393 Å². The van der Waals surface area contributed by atoms with E-state index in [0.717, 1.165) is 51.4 Å². The SMILES string of the molecule is CCC/C=C\C/C=C\CCCCCCCC(=O)OCCCCCCCCCCCCCCCCCCCCCCCCCCCCCCCCCCC(=O)NC(CO)C(O)/C=C/CCCCCCCCCCCCCCCCC. The summed E-state index contributed by atoms with van der Waals surface area (Å²) in [5.41, 5.74) is 0. The highest BCUT2D eigenvalue weighted by Crippen LogP contribution is 2.19. The van der Waals surface area contributed by atoms with Gasteiger partial charge in [-0.2, -0.15) is 0 Å². The molecular formula is C73H139NO5. The zero-order chi connectivity index (χ0) is 57.1. The summed E-state index contributed by atoms with van der Waals surface area (Å²) in [5, 5.41) is 23.2. The van der Waals surface area contributed by atoms with E-state index in [-0.39, 0.29) is 18.5 Å². The minimum absolute atomic E-state index is 0.00579. The second kappa shape index (κ2) is 68.6. The second-order valence-corrected chi connectivity index (χ2v) is 24.6. The van der Waals surface area contributed by atoms with E-state index in [4.69, 9.17) is 4.74 Å². The molecule has 0 aromatic rings. The summed E-state index contributed by atoms with van der Waals surface area (Å²) in [6.07, 6.45) is 88.1. The minimum Gasteiger partial charge on any atom is -0.466 e. The lowest BCUT2D eigenvalue weighted by molar-refractivity contribution is -0.143. The molecule has 0 aromatic carbocycles. The van der Waals surface area contributed by atoms with E-state index < -0.39 is 12.1 Å². The molecule has 0 radical (unpaired) electrons. The Morgan fingerprint density at radius 3 is 1.01 bits per heavy atom. The van der Waals surface area contributed by atoms with Crippen LogP contribution in [0.15, 0.2) is 36.5 Å². The summed E-state index contributed by atoms with van der Waals surface area (Å²) in [6.45, 7) is 4.87. The number of aliphatic hydroxyl groups is 2. The van der Waals surface area contributed by atoms with Gasteiger partial charge >= 0.3 is 5.97 Å². The van der Waals surface area contributed by atoms with Crippen LogP contribution in [0, 0.1) is 0 Å². The van der Waals surface area contributed by atoms with E-state index in [9.17, 15) is 19.8 Å². The summed E-state index contributed by atoms with van der Waals surface area (Å²) in [6, 6.07) is -0.625. The molecule has 3 N–H and O–H groups in total. The molecule has 0 fully saturated rings. The first kappa shape index (κ1) is 77.1. The molecule has 0 spiro atoms. The van der Waals surface area contributed by atoms with Gasteiger partial charge in [0.05, 0.1) is 25.4 Å². The van der Waals surface area contributed by atoms with Crippen LogP contribution in [0.4, 0.5) is 0 Å². The topological polar surface area (TPSA) is 95.9 Å². The first-order chi connectivity index (χ1) is 39.0. The maximum absolute atomic E-state index is 12.5. The van der Waals surface area contributed by atoms with Crippen molar-refractivity contribution in [2.45, 2.75) is 405 Å². The highest BCUT2D eigenvalue weighted by atomic mass is 16.5. The molecule has 0 saturated carbocycles. The lowest BCUT2D eigenvalue weighted by Crippen LogP contribution is -2.45. The number of amides is 1. The molecule has 1 amide bonds. The van der Waals surface area contributed by atoms with Gasteiger partial charge in [0.25, 0.3) is 0 Å².